The molecule has 1 atom stereocenters. The van der Waals surface area contributed by atoms with Gasteiger partial charge in [-0.15, -0.1) is 0 Å². The van der Waals surface area contributed by atoms with E-state index in [0.717, 1.165) is 25.0 Å². The summed E-state index contributed by atoms with van der Waals surface area (Å²) in [6, 6.07) is 2.56. The molecule has 0 spiro atoms. The highest BCUT2D eigenvalue weighted by Crippen LogP contribution is 2.27. The van der Waals surface area contributed by atoms with Gasteiger partial charge in [-0.2, -0.15) is 16.9 Å². The molecule has 1 saturated heterocycles. The van der Waals surface area contributed by atoms with Gasteiger partial charge >= 0.3 is 0 Å². The van der Waals surface area contributed by atoms with E-state index >= 15 is 0 Å². The first-order chi connectivity index (χ1) is 9.72. The van der Waals surface area contributed by atoms with E-state index in [1.54, 1.807) is 0 Å². The molecule has 3 nitrogen and oxygen atoms in total. The quantitative estimate of drug-likeness (QED) is 0.834. The van der Waals surface area contributed by atoms with Crippen LogP contribution in [0.4, 0.5) is 0 Å². The normalized spacial score (nSPS) is 18.6. The fourth-order valence-electron chi connectivity index (χ4n) is 3.04. The van der Waals surface area contributed by atoms with Gasteiger partial charge in [0.15, 0.2) is 0 Å². The summed E-state index contributed by atoms with van der Waals surface area (Å²) in [6.07, 6.45) is 8.24. The number of nitrogens with zero attached hydrogens (tertiary/aromatic N) is 2. The summed E-state index contributed by atoms with van der Waals surface area (Å²) < 4.78 is 2.07. The zero-order valence-corrected chi connectivity index (χ0v) is 13.6. The van der Waals surface area contributed by atoms with Crippen molar-refractivity contribution in [1.82, 2.24) is 9.78 Å². The van der Waals surface area contributed by atoms with Crippen molar-refractivity contribution >= 4 is 11.8 Å². The molecule has 0 saturated carbocycles. The number of rotatable bonds is 7. The van der Waals surface area contributed by atoms with Crippen LogP contribution in [0, 0.1) is 5.92 Å². The Morgan fingerprint density at radius 2 is 2.05 bits per heavy atom. The molecule has 1 aromatic heterocycles. The lowest BCUT2D eigenvalue weighted by molar-refractivity contribution is 0.138. The maximum absolute atomic E-state index is 10.3. The highest BCUT2D eigenvalue weighted by molar-refractivity contribution is 7.99. The van der Waals surface area contributed by atoms with Gasteiger partial charge in [-0.3, -0.25) is 4.68 Å². The van der Waals surface area contributed by atoms with E-state index in [1.165, 1.54) is 24.3 Å². The molecule has 1 fully saturated rings. The third-order valence-corrected chi connectivity index (χ3v) is 5.42. The largest absolute Gasteiger partial charge is 0.393 e. The Kier molecular flexibility index (Phi) is 6.43. The van der Waals surface area contributed by atoms with Crippen LogP contribution in [0.2, 0.25) is 0 Å². The van der Waals surface area contributed by atoms with Crippen LogP contribution in [0.3, 0.4) is 0 Å². The standard InChI is InChI=1S/C16H28N2OS/c1-3-15(4-2)18-8-5-14(17-18)12-16(19)11-13-6-9-20-10-7-13/h5,8,13,15-16,19H,3-4,6-7,9-12H2,1-2H3. The average Bonchev–Trinajstić information content (AvgIpc) is 2.89. The van der Waals surface area contributed by atoms with Gasteiger partial charge in [0.05, 0.1) is 17.8 Å². The van der Waals surface area contributed by atoms with Crippen molar-refractivity contribution in [2.24, 2.45) is 5.92 Å². The molecular weight excluding hydrogens is 268 g/mol. The summed E-state index contributed by atoms with van der Waals surface area (Å²) in [6.45, 7) is 4.40. The van der Waals surface area contributed by atoms with Crippen LogP contribution in [0.5, 0.6) is 0 Å². The van der Waals surface area contributed by atoms with Gasteiger partial charge in [0, 0.05) is 12.6 Å². The lowest BCUT2D eigenvalue weighted by Gasteiger charge is -2.23. The van der Waals surface area contributed by atoms with Gasteiger partial charge in [-0.05, 0) is 55.6 Å². The van der Waals surface area contributed by atoms with Gasteiger partial charge in [-0.1, -0.05) is 13.8 Å². The monoisotopic (exact) mass is 296 g/mol. The first-order valence-electron chi connectivity index (χ1n) is 8.02. The Labute approximate surface area is 127 Å². The number of thioether (sulfide) groups is 1. The Bertz CT molecular complexity index is 384. The van der Waals surface area contributed by atoms with E-state index in [9.17, 15) is 5.11 Å². The smallest absolute Gasteiger partial charge is 0.0650 e. The van der Waals surface area contributed by atoms with E-state index in [0.29, 0.717) is 18.4 Å². The predicted molar refractivity (Wildman–Crippen MR) is 86.2 cm³/mol. The van der Waals surface area contributed by atoms with Crippen molar-refractivity contribution in [2.75, 3.05) is 11.5 Å². The summed E-state index contributed by atoms with van der Waals surface area (Å²) in [5, 5.41) is 14.9. The van der Waals surface area contributed by atoms with E-state index < -0.39 is 0 Å². The molecule has 1 aliphatic rings. The molecule has 2 heterocycles. The Morgan fingerprint density at radius 3 is 2.70 bits per heavy atom. The molecule has 20 heavy (non-hydrogen) atoms. The second kappa shape index (κ2) is 8.08. The van der Waals surface area contributed by atoms with E-state index in [2.05, 4.69) is 35.9 Å². The SMILES string of the molecule is CCC(CC)n1ccc(CC(O)CC2CCSCC2)n1. The van der Waals surface area contributed by atoms with Crippen molar-refractivity contribution < 1.29 is 5.11 Å². The third kappa shape index (κ3) is 4.52. The minimum atomic E-state index is -0.229. The van der Waals surface area contributed by atoms with Crippen LogP contribution in [0.25, 0.3) is 0 Å². The van der Waals surface area contributed by atoms with Crippen molar-refractivity contribution in [3.8, 4) is 0 Å². The van der Waals surface area contributed by atoms with Crippen molar-refractivity contribution in [3.63, 3.8) is 0 Å². The molecule has 0 radical (unpaired) electrons. The Hall–Kier alpha value is -0.480. The topological polar surface area (TPSA) is 38.0 Å². The predicted octanol–water partition coefficient (Wildman–Crippen LogP) is 3.68. The fraction of sp³-hybridized carbons (Fsp3) is 0.812. The number of hydrogen-bond donors (Lipinski definition) is 1. The first kappa shape index (κ1) is 15.9. The fourth-order valence-corrected chi connectivity index (χ4v) is 4.25. The molecule has 1 unspecified atom stereocenters. The Morgan fingerprint density at radius 1 is 1.35 bits per heavy atom. The molecule has 1 aromatic rings. The van der Waals surface area contributed by atoms with Crippen molar-refractivity contribution in [2.45, 2.75) is 64.5 Å². The van der Waals surface area contributed by atoms with Crippen LogP contribution >= 0.6 is 11.8 Å². The molecule has 114 valence electrons. The van der Waals surface area contributed by atoms with Crippen LogP contribution < -0.4 is 0 Å². The number of hydrogen-bond acceptors (Lipinski definition) is 3. The molecule has 1 N–H and O–H groups in total. The highest BCUT2D eigenvalue weighted by Gasteiger charge is 2.19. The maximum atomic E-state index is 10.3. The average molecular weight is 296 g/mol. The second-order valence-electron chi connectivity index (χ2n) is 5.91. The number of aromatic nitrogens is 2. The Balaban J connectivity index is 1.83. The lowest BCUT2D eigenvalue weighted by atomic mass is 9.94. The summed E-state index contributed by atoms with van der Waals surface area (Å²) >= 11 is 2.04. The second-order valence-corrected chi connectivity index (χ2v) is 7.13. The maximum Gasteiger partial charge on any atom is 0.0650 e. The third-order valence-electron chi connectivity index (χ3n) is 4.37. The summed E-state index contributed by atoms with van der Waals surface area (Å²) in [4.78, 5) is 0. The van der Waals surface area contributed by atoms with Gasteiger partial charge in [-0.25, -0.2) is 0 Å². The van der Waals surface area contributed by atoms with Crippen LogP contribution in [-0.4, -0.2) is 32.5 Å². The van der Waals surface area contributed by atoms with E-state index in [4.69, 9.17) is 0 Å². The molecule has 0 bridgehead atoms. The molecule has 4 heteroatoms. The zero-order chi connectivity index (χ0) is 14.4. The van der Waals surface area contributed by atoms with Crippen LogP contribution in [0.1, 0.15) is 57.7 Å². The molecule has 0 aromatic carbocycles. The molecule has 1 aliphatic heterocycles. The van der Waals surface area contributed by atoms with Crippen molar-refractivity contribution in [1.29, 1.82) is 0 Å². The minimum Gasteiger partial charge on any atom is -0.393 e. The van der Waals surface area contributed by atoms with E-state index in [1.807, 2.05) is 11.8 Å². The van der Waals surface area contributed by atoms with Gasteiger partial charge in [0.2, 0.25) is 0 Å². The van der Waals surface area contributed by atoms with Crippen LogP contribution in [0.15, 0.2) is 12.3 Å². The summed E-state index contributed by atoms with van der Waals surface area (Å²) in [7, 11) is 0. The zero-order valence-electron chi connectivity index (χ0n) is 12.8. The highest BCUT2D eigenvalue weighted by atomic mass is 32.2. The summed E-state index contributed by atoms with van der Waals surface area (Å²) in [5.74, 6) is 3.24. The molecule has 0 amide bonds. The van der Waals surface area contributed by atoms with Gasteiger partial charge < -0.3 is 5.11 Å². The first-order valence-corrected chi connectivity index (χ1v) is 9.18. The minimum absolute atomic E-state index is 0.229. The van der Waals surface area contributed by atoms with E-state index in [-0.39, 0.29) is 6.10 Å². The van der Waals surface area contributed by atoms with Crippen LogP contribution in [-0.2, 0) is 6.42 Å². The summed E-state index contributed by atoms with van der Waals surface area (Å²) in [5.41, 5.74) is 1.04. The molecular formula is C16H28N2OS. The number of aliphatic hydroxyl groups is 1. The molecule has 2 rings (SSSR count). The molecule has 0 aliphatic carbocycles. The lowest BCUT2D eigenvalue weighted by Crippen LogP contribution is -2.20. The number of aliphatic hydroxyl groups excluding tert-OH is 1. The van der Waals surface area contributed by atoms with Crippen molar-refractivity contribution in [3.05, 3.63) is 18.0 Å². The van der Waals surface area contributed by atoms with Gasteiger partial charge in [0.25, 0.3) is 0 Å². The van der Waals surface area contributed by atoms with Gasteiger partial charge in [0.1, 0.15) is 0 Å².